The van der Waals surface area contributed by atoms with E-state index in [0.29, 0.717) is 18.7 Å². The summed E-state index contributed by atoms with van der Waals surface area (Å²) in [4.78, 5) is 15.7. The molecule has 2 aromatic rings. The van der Waals surface area contributed by atoms with E-state index in [1.807, 2.05) is 6.92 Å². The molecule has 0 aliphatic rings. The number of hydrogen-bond donors (Lipinski definition) is 1. The molecule has 0 aliphatic heterocycles. The van der Waals surface area contributed by atoms with Crippen molar-refractivity contribution in [1.82, 2.24) is 19.9 Å². The first-order valence-corrected chi connectivity index (χ1v) is 5.29. The number of rotatable bonds is 4. The Morgan fingerprint density at radius 3 is 2.82 bits per heavy atom. The van der Waals surface area contributed by atoms with Gasteiger partial charge in [0, 0.05) is 12.4 Å². The first-order valence-electron chi connectivity index (χ1n) is 5.29. The zero-order chi connectivity index (χ0) is 12.1. The molecular formula is C11H12FN5. The van der Waals surface area contributed by atoms with Gasteiger partial charge >= 0.3 is 0 Å². The Morgan fingerprint density at radius 2 is 2.12 bits per heavy atom. The predicted molar refractivity (Wildman–Crippen MR) is 60.7 cm³/mol. The third kappa shape index (κ3) is 2.72. The van der Waals surface area contributed by atoms with Crippen LogP contribution >= 0.6 is 0 Å². The molecule has 0 saturated carbocycles. The molecule has 0 aliphatic carbocycles. The summed E-state index contributed by atoms with van der Waals surface area (Å²) in [6, 6.07) is 0. The van der Waals surface area contributed by atoms with Crippen LogP contribution in [-0.2, 0) is 13.0 Å². The van der Waals surface area contributed by atoms with E-state index < -0.39 is 5.82 Å². The molecule has 2 heterocycles. The molecule has 5 nitrogen and oxygen atoms in total. The van der Waals surface area contributed by atoms with Crippen LogP contribution in [0.25, 0.3) is 0 Å². The van der Waals surface area contributed by atoms with Crippen molar-refractivity contribution in [1.29, 1.82) is 0 Å². The number of aromatic nitrogens is 4. The van der Waals surface area contributed by atoms with Gasteiger partial charge in [0.15, 0.2) is 11.6 Å². The standard InChI is InChI=1S/C11H12FN5/c1-2-9-10(12)11(17-7-16-9)15-6-8-5-13-3-4-14-8/h3-5,7H,2,6H2,1H3,(H,15,16,17). The van der Waals surface area contributed by atoms with Crippen LogP contribution in [0.15, 0.2) is 24.9 Å². The van der Waals surface area contributed by atoms with Gasteiger partial charge in [-0.1, -0.05) is 6.92 Å². The lowest BCUT2D eigenvalue weighted by atomic mass is 10.3. The summed E-state index contributed by atoms with van der Waals surface area (Å²) >= 11 is 0. The highest BCUT2D eigenvalue weighted by atomic mass is 19.1. The maximum absolute atomic E-state index is 13.8. The normalized spacial score (nSPS) is 10.2. The number of hydrogen-bond acceptors (Lipinski definition) is 5. The van der Waals surface area contributed by atoms with Gasteiger partial charge in [0.25, 0.3) is 0 Å². The summed E-state index contributed by atoms with van der Waals surface area (Å²) < 4.78 is 13.8. The van der Waals surface area contributed by atoms with Crippen molar-refractivity contribution in [2.75, 3.05) is 5.32 Å². The van der Waals surface area contributed by atoms with Crippen LogP contribution in [0.5, 0.6) is 0 Å². The molecule has 1 N–H and O–H groups in total. The molecule has 0 saturated heterocycles. The van der Waals surface area contributed by atoms with Crippen LogP contribution in [0.1, 0.15) is 18.3 Å². The summed E-state index contributed by atoms with van der Waals surface area (Å²) in [5.74, 6) is -0.207. The molecule has 0 fully saturated rings. The Hall–Kier alpha value is -2.11. The molecule has 0 amide bonds. The Kier molecular flexibility index (Phi) is 3.54. The van der Waals surface area contributed by atoms with E-state index in [2.05, 4.69) is 25.3 Å². The third-order valence-corrected chi connectivity index (χ3v) is 2.25. The van der Waals surface area contributed by atoms with Crippen LogP contribution in [0.3, 0.4) is 0 Å². The lowest BCUT2D eigenvalue weighted by Crippen LogP contribution is -2.07. The summed E-state index contributed by atoms with van der Waals surface area (Å²) in [6.07, 6.45) is 6.68. The molecule has 0 bridgehead atoms. The third-order valence-electron chi connectivity index (χ3n) is 2.25. The van der Waals surface area contributed by atoms with Crippen molar-refractivity contribution in [3.63, 3.8) is 0 Å². The number of nitrogens with zero attached hydrogens (tertiary/aromatic N) is 4. The number of nitrogens with one attached hydrogen (secondary N) is 1. The maximum Gasteiger partial charge on any atom is 0.186 e. The van der Waals surface area contributed by atoms with Crippen LogP contribution in [0, 0.1) is 5.82 Å². The SMILES string of the molecule is CCc1ncnc(NCc2cnccn2)c1F. The molecular weight excluding hydrogens is 221 g/mol. The molecule has 0 unspecified atom stereocenters. The van der Waals surface area contributed by atoms with Gasteiger partial charge in [-0.15, -0.1) is 0 Å². The van der Waals surface area contributed by atoms with E-state index in [1.165, 1.54) is 6.33 Å². The lowest BCUT2D eigenvalue weighted by Gasteiger charge is -2.07. The Labute approximate surface area is 98.2 Å². The van der Waals surface area contributed by atoms with Gasteiger partial charge in [-0.05, 0) is 6.42 Å². The van der Waals surface area contributed by atoms with E-state index in [9.17, 15) is 4.39 Å². The van der Waals surface area contributed by atoms with Crippen molar-refractivity contribution in [2.45, 2.75) is 19.9 Å². The minimum Gasteiger partial charge on any atom is -0.362 e. The molecule has 0 radical (unpaired) electrons. The smallest absolute Gasteiger partial charge is 0.186 e. The lowest BCUT2D eigenvalue weighted by molar-refractivity contribution is 0.596. The van der Waals surface area contributed by atoms with Crippen molar-refractivity contribution in [3.05, 3.63) is 42.1 Å². The van der Waals surface area contributed by atoms with Gasteiger partial charge in [0.2, 0.25) is 0 Å². The summed E-state index contributed by atoms with van der Waals surface area (Å²) in [7, 11) is 0. The Morgan fingerprint density at radius 1 is 1.24 bits per heavy atom. The van der Waals surface area contributed by atoms with E-state index in [-0.39, 0.29) is 5.82 Å². The monoisotopic (exact) mass is 233 g/mol. The quantitative estimate of drug-likeness (QED) is 0.868. The highest BCUT2D eigenvalue weighted by molar-refractivity contribution is 5.37. The zero-order valence-corrected chi connectivity index (χ0v) is 9.39. The van der Waals surface area contributed by atoms with Gasteiger partial charge in [-0.25, -0.2) is 14.4 Å². The summed E-state index contributed by atoms with van der Waals surface area (Å²) in [5.41, 5.74) is 1.13. The maximum atomic E-state index is 13.8. The van der Waals surface area contributed by atoms with Gasteiger partial charge in [-0.3, -0.25) is 9.97 Å². The van der Waals surface area contributed by atoms with E-state index in [1.54, 1.807) is 18.6 Å². The molecule has 2 rings (SSSR count). The van der Waals surface area contributed by atoms with Crippen LogP contribution < -0.4 is 5.32 Å². The fourth-order valence-electron chi connectivity index (χ4n) is 1.37. The fraction of sp³-hybridized carbons (Fsp3) is 0.273. The molecule has 0 atom stereocenters. The molecule has 17 heavy (non-hydrogen) atoms. The van der Waals surface area contributed by atoms with E-state index >= 15 is 0 Å². The largest absolute Gasteiger partial charge is 0.362 e. The van der Waals surface area contributed by atoms with Gasteiger partial charge in [0.05, 0.1) is 24.1 Å². The molecule has 0 aromatic carbocycles. The van der Waals surface area contributed by atoms with Crippen LogP contribution in [0.4, 0.5) is 10.2 Å². The van der Waals surface area contributed by atoms with E-state index in [4.69, 9.17) is 0 Å². The highest BCUT2D eigenvalue weighted by Crippen LogP contribution is 2.13. The van der Waals surface area contributed by atoms with Crippen molar-refractivity contribution >= 4 is 5.82 Å². The molecule has 88 valence electrons. The fourth-order valence-corrected chi connectivity index (χ4v) is 1.37. The molecule has 6 heteroatoms. The number of halogens is 1. The van der Waals surface area contributed by atoms with Gasteiger partial charge < -0.3 is 5.32 Å². The van der Waals surface area contributed by atoms with Crippen molar-refractivity contribution in [2.24, 2.45) is 0 Å². The van der Waals surface area contributed by atoms with Gasteiger partial charge in [-0.2, -0.15) is 0 Å². The zero-order valence-electron chi connectivity index (χ0n) is 9.39. The number of anilines is 1. The second kappa shape index (κ2) is 5.29. The molecule has 2 aromatic heterocycles. The van der Waals surface area contributed by atoms with Crippen LogP contribution in [0.2, 0.25) is 0 Å². The minimum atomic E-state index is -0.404. The second-order valence-corrected chi connectivity index (χ2v) is 3.39. The first kappa shape index (κ1) is 11.4. The van der Waals surface area contributed by atoms with E-state index in [0.717, 1.165) is 5.69 Å². The average molecular weight is 233 g/mol. The molecule has 0 spiro atoms. The minimum absolute atomic E-state index is 0.197. The summed E-state index contributed by atoms with van der Waals surface area (Å²) in [6.45, 7) is 2.22. The Balaban J connectivity index is 2.09. The van der Waals surface area contributed by atoms with Crippen molar-refractivity contribution < 1.29 is 4.39 Å². The first-order chi connectivity index (χ1) is 8.31. The topological polar surface area (TPSA) is 63.6 Å². The number of aryl methyl sites for hydroxylation is 1. The predicted octanol–water partition coefficient (Wildman–Crippen LogP) is 1.58. The van der Waals surface area contributed by atoms with Crippen molar-refractivity contribution in [3.8, 4) is 0 Å². The van der Waals surface area contributed by atoms with Crippen LogP contribution in [-0.4, -0.2) is 19.9 Å². The highest BCUT2D eigenvalue weighted by Gasteiger charge is 2.09. The Bertz CT molecular complexity index is 488. The van der Waals surface area contributed by atoms with Gasteiger partial charge in [0.1, 0.15) is 6.33 Å². The summed E-state index contributed by atoms with van der Waals surface area (Å²) in [5, 5.41) is 2.88. The second-order valence-electron chi connectivity index (χ2n) is 3.39. The average Bonchev–Trinajstić information content (AvgIpc) is 2.39.